The van der Waals surface area contributed by atoms with Crippen molar-refractivity contribution in [1.82, 2.24) is 0 Å². The van der Waals surface area contributed by atoms with E-state index in [9.17, 15) is 65.9 Å². The van der Waals surface area contributed by atoms with Gasteiger partial charge in [0.15, 0.2) is 46.5 Å². The van der Waals surface area contributed by atoms with Crippen molar-refractivity contribution in [2.45, 2.75) is 25.7 Å². The molecule has 0 aromatic heterocycles. The van der Waals surface area contributed by atoms with E-state index in [0.717, 1.165) is 32.5 Å². The van der Waals surface area contributed by atoms with Gasteiger partial charge in [0.2, 0.25) is 11.6 Å². The van der Waals surface area contributed by atoms with Crippen LogP contribution in [0.2, 0.25) is 0 Å². The fourth-order valence-corrected chi connectivity index (χ4v) is 3.21. The Hall–Kier alpha value is -1.28. The van der Waals surface area contributed by atoms with E-state index >= 15 is 0 Å². The summed E-state index contributed by atoms with van der Waals surface area (Å²) in [6, 6.07) is 0.962. The van der Waals surface area contributed by atoms with Gasteiger partial charge < -0.3 is 9.47 Å². The summed E-state index contributed by atoms with van der Waals surface area (Å²) in [5, 5.41) is -3.45. The molecule has 2 heterocycles. The van der Waals surface area contributed by atoms with E-state index < -0.39 is 97.8 Å². The standard InChI is InChI=1S/C6H3F5Si.C6HF5.C6F5.2C4H8O.Cl4Si.Li/c7-1-2(8)4(10)6(12)5(11)3(1)9;2*7-2-1-3(8)5(10)6(11)4(2)9;2*1-2-4-5-3-1;1-5(2,3)4;/h12H3;1H;;2*1-4H2;;/q;;-1;;;;+1. The predicted octanol–water partition coefficient (Wildman–Crippen LogP) is 5.91. The second kappa shape index (κ2) is 24.9. The number of hydrogen-bond acceptors (Lipinski definition) is 2. The molecule has 0 radical (unpaired) electrons. The van der Waals surface area contributed by atoms with Gasteiger partial charge in [0, 0.05) is 47.9 Å². The van der Waals surface area contributed by atoms with Gasteiger partial charge >= 0.3 is 24.2 Å². The van der Waals surface area contributed by atoms with E-state index in [2.05, 4.69) is 0 Å². The first kappa shape index (κ1) is 50.8. The molecule has 2 saturated heterocycles. The molecule has 5 rings (SSSR count). The molecule has 3 aromatic carbocycles. The summed E-state index contributed by atoms with van der Waals surface area (Å²) in [4.78, 5) is 0. The molecule has 0 aliphatic carbocycles. The summed E-state index contributed by atoms with van der Waals surface area (Å²) in [7, 11) is -0.223. The molecule has 2 aliphatic heterocycles. The molecule has 0 spiro atoms. The summed E-state index contributed by atoms with van der Waals surface area (Å²) in [6.45, 7) is 4.00. The second-order valence-electron chi connectivity index (χ2n) is 8.74. The van der Waals surface area contributed by atoms with Crippen LogP contribution < -0.4 is 24.0 Å². The predicted molar refractivity (Wildman–Crippen MR) is 156 cm³/mol. The fraction of sp³-hybridized carbons (Fsp3) is 0.308. The molecule has 2 aliphatic rings. The Bertz CT molecular complexity index is 1270. The van der Waals surface area contributed by atoms with Gasteiger partial charge in [0.05, 0.1) is 29.1 Å². The second-order valence-corrected chi connectivity index (χ2v) is 20.9. The van der Waals surface area contributed by atoms with Crippen molar-refractivity contribution >= 4 is 65.1 Å². The zero-order valence-corrected chi connectivity index (χ0v) is 31.3. The van der Waals surface area contributed by atoms with E-state index in [1.165, 1.54) is 25.7 Å². The molecule has 2 nitrogen and oxygen atoms in total. The zero-order valence-electron chi connectivity index (χ0n) is 25.2. The first-order valence-electron chi connectivity index (χ1n) is 12.8. The van der Waals surface area contributed by atoms with Crippen molar-refractivity contribution in [3.63, 3.8) is 0 Å². The molecule has 0 unspecified atom stereocenters. The van der Waals surface area contributed by atoms with Crippen LogP contribution in [0.5, 0.6) is 0 Å². The SMILES string of the molecule is C1CCOC1.C1CCOC1.Cl[Si](Cl)(Cl)Cl.Fc1[c-]c(F)c(F)c(F)c1F.Fc1c(F)c(F)c([SiH3])c(F)c1F.Fc1cc(F)c(F)c(F)c1F.[Li+]. The number of ether oxygens (including phenoxy) is 2. The quantitative estimate of drug-likeness (QED) is 0.0700. The monoisotopic (exact) mass is 852 g/mol. The first-order valence-corrected chi connectivity index (χ1v) is 19.9. The van der Waals surface area contributed by atoms with E-state index in [0.29, 0.717) is 0 Å². The Labute approximate surface area is 309 Å². The summed E-state index contributed by atoms with van der Waals surface area (Å²) >= 11 is 19.9. The minimum atomic E-state index is -2.72. The summed E-state index contributed by atoms with van der Waals surface area (Å²) in [6.07, 6.45) is 5.11. The first-order chi connectivity index (χ1) is 22.5. The maximum Gasteiger partial charge on any atom is 1.00 e. The van der Waals surface area contributed by atoms with Gasteiger partial charge in [-0.2, -0.15) is 0 Å². The van der Waals surface area contributed by atoms with Crippen molar-refractivity contribution in [1.29, 1.82) is 0 Å². The van der Waals surface area contributed by atoms with Crippen molar-refractivity contribution in [3.8, 4) is 0 Å². The van der Waals surface area contributed by atoms with E-state index in [1.54, 1.807) is 0 Å². The van der Waals surface area contributed by atoms with Crippen molar-refractivity contribution < 1.29 is 94.2 Å². The van der Waals surface area contributed by atoms with Gasteiger partial charge in [-0.3, -0.25) is 8.78 Å². The van der Waals surface area contributed by atoms with Crippen molar-refractivity contribution in [2.75, 3.05) is 26.4 Å². The number of halogens is 19. The van der Waals surface area contributed by atoms with Crippen LogP contribution in [-0.4, -0.2) is 42.0 Å². The Morgan fingerprint density at radius 3 is 0.960 bits per heavy atom. The molecule has 2 fully saturated rings. The van der Waals surface area contributed by atoms with Crippen LogP contribution in [0.3, 0.4) is 0 Å². The Morgan fingerprint density at radius 1 is 0.460 bits per heavy atom. The van der Waals surface area contributed by atoms with Crippen LogP contribution in [0.15, 0.2) is 6.07 Å². The van der Waals surface area contributed by atoms with Crippen LogP contribution >= 0.6 is 44.3 Å². The van der Waals surface area contributed by atoms with Crippen LogP contribution in [0.1, 0.15) is 25.7 Å². The molecule has 0 bridgehead atoms. The molecule has 0 atom stereocenters. The molecular formula is C26H20Cl4F15LiO2Si2. The van der Waals surface area contributed by atoms with Crippen LogP contribution in [0.25, 0.3) is 0 Å². The molecule has 0 amide bonds. The van der Waals surface area contributed by atoms with E-state index in [4.69, 9.17) is 53.8 Å². The zero-order chi connectivity index (χ0) is 38.2. The number of rotatable bonds is 0. The van der Waals surface area contributed by atoms with Gasteiger partial charge in [0.1, 0.15) is 0 Å². The van der Waals surface area contributed by atoms with Gasteiger partial charge in [-0.05, 0) is 25.7 Å². The number of hydrogen-bond donors (Lipinski definition) is 0. The third-order valence-electron chi connectivity index (χ3n) is 5.13. The third kappa shape index (κ3) is 18.5. The maximum absolute atomic E-state index is 12.4. The van der Waals surface area contributed by atoms with Crippen LogP contribution in [0, 0.1) is 93.3 Å². The average molecular weight is 854 g/mol. The molecule has 24 heteroatoms. The van der Waals surface area contributed by atoms with Gasteiger partial charge in [-0.15, -0.1) is 50.4 Å². The number of benzene rings is 3. The Morgan fingerprint density at radius 2 is 0.700 bits per heavy atom. The molecule has 0 N–H and O–H groups in total. The van der Waals surface area contributed by atoms with E-state index in [1.807, 2.05) is 0 Å². The molecule has 3 aromatic rings. The van der Waals surface area contributed by atoms with Crippen molar-refractivity contribution in [2.24, 2.45) is 0 Å². The molecule has 278 valence electrons. The van der Waals surface area contributed by atoms with Gasteiger partial charge in [-0.1, -0.05) is 0 Å². The minimum Gasteiger partial charge on any atom is -0.381 e. The normalized spacial score (nSPS) is 13.1. The molecular weight excluding hydrogens is 834 g/mol. The summed E-state index contributed by atoms with van der Waals surface area (Å²) in [5.74, 6) is -29.0. The summed E-state index contributed by atoms with van der Waals surface area (Å²) in [5.41, 5.74) is 0. The summed E-state index contributed by atoms with van der Waals surface area (Å²) < 4.78 is 191. The maximum atomic E-state index is 12.4. The molecule has 50 heavy (non-hydrogen) atoms. The largest absolute Gasteiger partial charge is 1.00 e. The van der Waals surface area contributed by atoms with E-state index in [-0.39, 0.29) is 35.2 Å². The van der Waals surface area contributed by atoms with Crippen molar-refractivity contribution in [3.05, 3.63) is 99.4 Å². The topological polar surface area (TPSA) is 18.5 Å². The van der Waals surface area contributed by atoms with Gasteiger partial charge in [-0.25, -0.2) is 57.1 Å². The Balaban J connectivity index is 0. The average Bonchev–Trinajstić information content (AvgIpc) is 3.82. The molecule has 0 saturated carbocycles. The van der Waals surface area contributed by atoms with Gasteiger partial charge in [0.25, 0.3) is 0 Å². The smallest absolute Gasteiger partial charge is 0.381 e. The third-order valence-corrected chi connectivity index (χ3v) is 6.01. The Kier molecular flexibility index (Phi) is 25.3. The minimum absolute atomic E-state index is 0. The van der Waals surface area contributed by atoms with Crippen LogP contribution in [-0.2, 0) is 9.47 Å². The van der Waals surface area contributed by atoms with Crippen LogP contribution in [0.4, 0.5) is 65.9 Å². The fourth-order valence-electron chi connectivity index (χ4n) is 2.77.